The van der Waals surface area contributed by atoms with Gasteiger partial charge in [-0.25, -0.2) is 4.98 Å². The quantitative estimate of drug-likeness (QED) is 0.736. The van der Waals surface area contributed by atoms with Crippen LogP contribution in [-0.2, 0) is 12.0 Å². The fourth-order valence-electron chi connectivity index (χ4n) is 1.05. The zero-order valence-corrected chi connectivity index (χ0v) is 8.03. The third kappa shape index (κ3) is 1.79. The van der Waals surface area contributed by atoms with Crippen LogP contribution in [0.25, 0.3) is 0 Å². The molecule has 1 heterocycles. The average molecular weight is 170 g/mol. The molecule has 0 aliphatic rings. The van der Waals surface area contributed by atoms with Crippen LogP contribution in [0.2, 0.25) is 0 Å². The maximum atomic E-state index is 5.92. The van der Waals surface area contributed by atoms with E-state index in [9.17, 15) is 0 Å². The molecule has 0 fully saturated rings. The molecule has 3 heteroatoms. The molecule has 0 aliphatic carbocycles. The van der Waals surface area contributed by atoms with Crippen molar-refractivity contribution < 1.29 is 0 Å². The van der Waals surface area contributed by atoms with E-state index in [1.807, 2.05) is 19.4 Å². The van der Waals surface area contributed by atoms with E-state index in [1.165, 1.54) is 4.88 Å². The highest BCUT2D eigenvalue weighted by Gasteiger charge is 2.19. The second-order valence-corrected chi connectivity index (χ2v) is 4.14. The van der Waals surface area contributed by atoms with E-state index >= 15 is 0 Å². The Balaban J connectivity index is 3.02. The van der Waals surface area contributed by atoms with Crippen LogP contribution in [0.3, 0.4) is 0 Å². The van der Waals surface area contributed by atoms with Gasteiger partial charge in [-0.2, -0.15) is 0 Å². The van der Waals surface area contributed by atoms with Gasteiger partial charge in [-0.15, -0.1) is 11.3 Å². The predicted molar refractivity (Wildman–Crippen MR) is 48.7 cm³/mol. The second kappa shape index (κ2) is 2.91. The fraction of sp³-hybridized carbons (Fsp3) is 0.625. The lowest BCUT2D eigenvalue weighted by Gasteiger charge is -2.17. The predicted octanol–water partition coefficient (Wildman–Crippen LogP) is 1.90. The maximum absolute atomic E-state index is 5.92. The molecule has 0 amide bonds. The lowest BCUT2D eigenvalue weighted by atomic mass is 10.0. The molecule has 2 N–H and O–H groups in total. The summed E-state index contributed by atoms with van der Waals surface area (Å²) in [5.41, 5.74) is 8.55. The molecule has 0 atom stereocenters. The van der Waals surface area contributed by atoms with Gasteiger partial charge in [-0.3, -0.25) is 0 Å². The van der Waals surface area contributed by atoms with Crippen LogP contribution in [0, 0.1) is 0 Å². The van der Waals surface area contributed by atoms with Crippen molar-refractivity contribution in [1.29, 1.82) is 0 Å². The van der Waals surface area contributed by atoms with Gasteiger partial charge in [0.2, 0.25) is 0 Å². The molecular weight excluding hydrogens is 156 g/mol. The smallest absolute Gasteiger partial charge is 0.0798 e. The summed E-state index contributed by atoms with van der Waals surface area (Å²) in [7, 11) is 0. The van der Waals surface area contributed by atoms with E-state index in [-0.39, 0.29) is 5.54 Å². The Morgan fingerprint density at radius 3 is 2.64 bits per heavy atom. The van der Waals surface area contributed by atoms with Crippen molar-refractivity contribution in [2.75, 3.05) is 0 Å². The van der Waals surface area contributed by atoms with E-state index in [4.69, 9.17) is 5.73 Å². The Labute approximate surface area is 71.5 Å². The van der Waals surface area contributed by atoms with Crippen LogP contribution < -0.4 is 5.73 Å². The van der Waals surface area contributed by atoms with E-state index in [0.717, 1.165) is 12.1 Å². The number of hydrogen-bond donors (Lipinski definition) is 1. The highest BCUT2D eigenvalue weighted by molar-refractivity contribution is 7.09. The maximum Gasteiger partial charge on any atom is 0.0798 e. The molecule has 0 radical (unpaired) electrons. The molecule has 0 saturated heterocycles. The van der Waals surface area contributed by atoms with Gasteiger partial charge in [0, 0.05) is 4.88 Å². The number of thiazole rings is 1. The minimum absolute atomic E-state index is 0.286. The summed E-state index contributed by atoms with van der Waals surface area (Å²) < 4.78 is 0. The van der Waals surface area contributed by atoms with Crippen molar-refractivity contribution in [3.63, 3.8) is 0 Å². The monoisotopic (exact) mass is 170 g/mol. The molecule has 62 valence electrons. The molecule has 11 heavy (non-hydrogen) atoms. The third-order valence-corrected chi connectivity index (χ3v) is 2.55. The van der Waals surface area contributed by atoms with Gasteiger partial charge in [0.1, 0.15) is 0 Å². The van der Waals surface area contributed by atoms with Gasteiger partial charge in [0.25, 0.3) is 0 Å². The van der Waals surface area contributed by atoms with Crippen LogP contribution in [0.5, 0.6) is 0 Å². The van der Waals surface area contributed by atoms with Crippen molar-refractivity contribution in [1.82, 2.24) is 4.98 Å². The summed E-state index contributed by atoms with van der Waals surface area (Å²) in [5, 5.41) is 0. The molecule has 2 nitrogen and oxygen atoms in total. The van der Waals surface area contributed by atoms with Crippen LogP contribution in [0.1, 0.15) is 31.3 Å². The number of nitrogens with zero attached hydrogens (tertiary/aromatic N) is 1. The van der Waals surface area contributed by atoms with Gasteiger partial charge in [-0.05, 0) is 20.3 Å². The number of aromatic nitrogens is 1. The highest BCUT2D eigenvalue weighted by atomic mass is 32.1. The highest BCUT2D eigenvalue weighted by Crippen LogP contribution is 2.23. The van der Waals surface area contributed by atoms with Gasteiger partial charge in [0.05, 0.1) is 16.7 Å². The van der Waals surface area contributed by atoms with Crippen LogP contribution in [0.4, 0.5) is 0 Å². The summed E-state index contributed by atoms with van der Waals surface area (Å²) in [6.07, 6.45) is 1.03. The summed E-state index contributed by atoms with van der Waals surface area (Å²) >= 11 is 1.69. The number of hydrogen-bond acceptors (Lipinski definition) is 3. The average Bonchev–Trinajstić information content (AvgIpc) is 2.31. The van der Waals surface area contributed by atoms with Crippen LogP contribution in [0.15, 0.2) is 5.51 Å². The Kier molecular flexibility index (Phi) is 2.30. The molecule has 0 spiro atoms. The summed E-state index contributed by atoms with van der Waals surface area (Å²) in [5.74, 6) is 0. The van der Waals surface area contributed by atoms with Crippen molar-refractivity contribution in [3.8, 4) is 0 Å². The molecule has 1 rings (SSSR count). The number of nitrogens with two attached hydrogens (primary N) is 1. The fourth-order valence-corrected chi connectivity index (χ4v) is 1.93. The molecule has 0 bridgehead atoms. The van der Waals surface area contributed by atoms with E-state index in [0.29, 0.717) is 0 Å². The van der Waals surface area contributed by atoms with Crippen molar-refractivity contribution in [2.45, 2.75) is 32.7 Å². The largest absolute Gasteiger partial charge is 0.321 e. The molecular formula is C8H14N2S. The molecule has 0 aromatic carbocycles. The third-order valence-electron chi connectivity index (χ3n) is 1.57. The van der Waals surface area contributed by atoms with Crippen LogP contribution in [-0.4, -0.2) is 4.98 Å². The lowest BCUT2D eigenvalue weighted by molar-refractivity contribution is 0.533. The minimum atomic E-state index is -0.286. The Morgan fingerprint density at radius 1 is 1.64 bits per heavy atom. The normalized spacial score (nSPS) is 12.0. The van der Waals surface area contributed by atoms with Gasteiger partial charge in [-0.1, -0.05) is 6.92 Å². The Hall–Kier alpha value is -0.410. The SMILES string of the molecule is CCc1scnc1C(C)(C)N. The zero-order chi connectivity index (χ0) is 8.48. The van der Waals surface area contributed by atoms with Crippen molar-refractivity contribution in [2.24, 2.45) is 5.73 Å². The van der Waals surface area contributed by atoms with Gasteiger partial charge < -0.3 is 5.73 Å². The van der Waals surface area contributed by atoms with E-state index in [1.54, 1.807) is 11.3 Å². The first-order valence-corrected chi connectivity index (χ1v) is 4.65. The first-order valence-electron chi connectivity index (χ1n) is 3.77. The summed E-state index contributed by atoms with van der Waals surface area (Å²) in [6.45, 7) is 6.10. The molecule has 0 aliphatic heterocycles. The first-order chi connectivity index (χ1) is 5.05. The molecule has 1 aromatic rings. The summed E-state index contributed by atoms with van der Waals surface area (Å²) in [4.78, 5) is 5.56. The molecule has 0 saturated carbocycles. The van der Waals surface area contributed by atoms with E-state index < -0.39 is 0 Å². The van der Waals surface area contributed by atoms with Crippen molar-refractivity contribution >= 4 is 11.3 Å². The van der Waals surface area contributed by atoms with Crippen molar-refractivity contribution in [3.05, 3.63) is 16.1 Å². The van der Waals surface area contributed by atoms with Crippen LogP contribution >= 0.6 is 11.3 Å². The topological polar surface area (TPSA) is 38.9 Å². The van der Waals surface area contributed by atoms with E-state index in [2.05, 4.69) is 11.9 Å². The second-order valence-electron chi connectivity index (χ2n) is 3.20. The summed E-state index contributed by atoms with van der Waals surface area (Å²) in [6, 6.07) is 0. The molecule has 0 unspecified atom stereocenters. The number of rotatable bonds is 2. The minimum Gasteiger partial charge on any atom is -0.321 e. The molecule has 1 aromatic heterocycles. The van der Waals surface area contributed by atoms with Gasteiger partial charge in [0.15, 0.2) is 0 Å². The Morgan fingerprint density at radius 2 is 2.27 bits per heavy atom. The standard InChI is InChI=1S/C8H14N2S/c1-4-6-7(8(2,3)9)10-5-11-6/h5H,4,9H2,1-3H3. The first kappa shape index (κ1) is 8.68. The number of aryl methyl sites for hydroxylation is 1. The van der Waals surface area contributed by atoms with Gasteiger partial charge >= 0.3 is 0 Å². The Bertz CT molecular complexity index is 234. The zero-order valence-electron chi connectivity index (χ0n) is 7.22. The lowest BCUT2D eigenvalue weighted by Crippen LogP contribution is -2.30.